The zero-order valence-corrected chi connectivity index (χ0v) is 30.2. The van der Waals surface area contributed by atoms with E-state index in [1.165, 1.54) is 7.11 Å². The van der Waals surface area contributed by atoms with Crippen LogP contribution < -0.4 is 10.6 Å². The maximum atomic E-state index is 13.5. The number of likely N-dealkylation sites (tertiary alicyclic amines) is 2. The van der Waals surface area contributed by atoms with Crippen molar-refractivity contribution in [2.45, 2.75) is 71.5 Å². The molecule has 3 amide bonds. The number of aromatic amines is 2. The number of benzene rings is 2. The van der Waals surface area contributed by atoms with Gasteiger partial charge in [-0.2, -0.15) is 0 Å². The normalized spacial score (nSPS) is 18.1. The first-order valence-corrected chi connectivity index (χ1v) is 18.1. The van der Waals surface area contributed by atoms with Crippen LogP contribution in [0.4, 0.5) is 4.79 Å². The number of hydrogen-bond donors (Lipinski definition) is 4. The fraction of sp³-hybridized carbons (Fsp3) is 0.462. The Morgan fingerprint density at radius 3 is 1.76 bits per heavy atom. The van der Waals surface area contributed by atoms with Gasteiger partial charge in [-0.3, -0.25) is 9.59 Å². The highest BCUT2D eigenvalue weighted by Crippen LogP contribution is 2.34. The number of carbonyl (C=O) groups is 3. The molecule has 3 unspecified atom stereocenters. The number of nitrogens with one attached hydrogen (secondary N) is 4. The van der Waals surface area contributed by atoms with Crippen molar-refractivity contribution >= 4 is 17.9 Å². The monoisotopic (exact) mass is 694 g/mol. The van der Waals surface area contributed by atoms with Crippen LogP contribution >= 0.6 is 0 Å². The summed E-state index contributed by atoms with van der Waals surface area (Å²) >= 11 is 0. The van der Waals surface area contributed by atoms with Crippen LogP contribution in [0, 0.1) is 11.8 Å². The Balaban J connectivity index is 1.09. The molecule has 2 aromatic heterocycles. The minimum atomic E-state index is -0.673. The van der Waals surface area contributed by atoms with Crippen molar-refractivity contribution in [3.63, 3.8) is 0 Å². The number of H-pyrrole nitrogens is 2. The van der Waals surface area contributed by atoms with Crippen LogP contribution in [-0.2, 0) is 14.3 Å². The number of nitrogens with zero attached hydrogens (tertiary/aromatic N) is 4. The molecule has 2 fully saturated rings. The second-order valence-corrected chi connectivity index (χ2v) is 14.3. The molecule has 0 aliphatic carbocycles. The van der Waals surface area contributed by atoms with Crippen LogP contribution in [-0.4, -0.2) is 87.0 Å². The Labute approximate surface area is 299 Å². The van der Waals surface area contributed by atoms with E-state index in [0.29, 0.717) is 19.0 Å². The van der Waals surface area contributed by atoms with Crippen LogP contribution in [0.25, 0.3) is 33.6 Å². The van der Waals surface area contributed by atoms with E-state index in [1.54, 1.807) is 0 Å². The Morgan fingerprint density at radius 2 is 1.27 bits per heavy atom. The van der Waals surface area contributed by atoms with Crippen molar-refractivity contribution in [3.8, 4) is 33.6 Å². The summed E-state index contributed by atoms with van der Waals surface area (Å²) in [7, 11) is 1.30. The van der Waals surface area contributed by atoms with Gasteiger partial charge in [-0.1, -0.05) is 76.2 Å². The highest BCUT2D eigenvalue weighted by molar-refractivity contribution is 5.86. The number of aromatic nitrogens is 4. The topological polar surface area (TPSA) is 148 Å². The van der Waals surface area contributed by atoms with Gasteiger partial charge in [0.15, 0.2) is 0 Å². The van der Waals surface area contributed by atoms with E-state index >= 15 is 0 Å². The van der Waals surface area contributed by atoms with Crippen molar-refractivity contribution in [1.29, 1.82) is 0 Å². The third-order valence-electron chi connectivity index (χ3n) is 9.88. The van der Waals surface area contributed by atoms with Gasteiger partial charge >= 0.3 is 6.09 Å². The first kappa shape index (κ1) is 35.8. The molecular formula is C39H50N8O4. The van der Waals surface area contributed by atoms with Crippen molar-refractivity contribution in [2.24, 2.45) is 11.8 Å². The molecule has 2 aliphatic heterocycles. The Morgan fingerprint density at radius 1 is 0.784 bits per heavy atom. The van der Waals surface area contributed by atoms with Gasteiger partial charge in [-0.15, -0.1) is 0 Å². The highest BCUT2D eigenvalue weighted by Gasteiger charge is 2.37. The SMILES string of the molecule is COC(=O)NC(C(=O)N1CCCC1c1ncc(-c2ccc(-c3ccc(-c4cnc(C5CCCN5C(=O)CNCC(C)C)[nH]4)cc3)cc2)[nH]1)C(C)C. The smallest absolute Gasteiger partial charge is 0.407 e. The molecule has 12 nitrogen and oxygen atoms in total. The summed E-state index contributed by atoms with van der Waals surface area (Å²) in [6.07, 6.45) is 6.60. The fourth-order valence-electron chi connectivity index (χ4n) is 7.10. The lowest BCUT2D eigenvalue weighted by atomic mass is 10.0. The van der Waals surface area contributed by atoms with Gasteiger partial charge in [0, 0.05) is 13.1 Å². The van der Waals surface area contributed by atoms with Crippen molar-refractivity contribution < 1.29 is 19.1 Å². The average Bonchev–Trinajstić information content (AvgIpc) is 3.96. The van der Waals surface area contributed by atoms with Crippen LogP contribution in [0.1, 0.15) is 77.1 Å². The standard InChI is InChI=1S/C39H50N8O4/c1-24(2)20-40-23-34(48)46-18-6-8-32(46)36-41-21-30(43-36)28-14-10-26(11-15-28)27-12-16-29(17-13-27)31-22-42-37(44-31)33-9-7-19-47(33)38(49)35(25(3)4)45-39(50)51-5/h10-17,21-22,24-25,32-33,35,40H,6-9,18-20,23H2,1-5H3,(H,41,43)(H,42,44)(H,45,50). The molecule has 4 N–H and O–H groups in total. The Kier molecular flexibility index (Phi) is 11.2. The number of amides is 3. The van der Waals surface area contributed by atoms with Crippen molar-refractivity contribution in [2.75, 3.05) is 33.3 Å². The number of rotatable bonds is 12. The average molecular weight is 695 g/mol. The zero-order valence-electron chi connectivity index (χ0n) is 30.2. The highest BCUT2D eigenvalue weighted by atomic mass is 16.5. The lowest BCUT2D eigenvalue weighted by molar-refractivity contribution is -0.135. The first-order valence-electron chi connectivity index (χ1n) is 18.1. The quantitative estimate of drug-likeness (QED) is 0.140. The molecule has 51 heavy (non-hydrogen) atoms. The van der Waals surface area contributed by atoms with E-state index in [-0.39, 0.29) is 29.8 Å². The van der Waals surface area contributed by atoms with Gasteiger partial charge in [0.1, 0.15) is 17.7 Å². The predicted molar refractivity (Wildman–Crippen MR) is 196 cm³/mol. The summed E-state index contributed by atoms with van der Waals surface area (Å²) in [5.74, 6) is 1.98. The molecule has 3 atom stereocenters. The third kappa shape index (κ3) is 8.17. The largest absolute Gasteiger partial charge is 0.453 e. The van der Waals surface area contributed by atoms with Crippen molar-refractivity contribution in [1.82, 2.24) is 40.4 Å². The van der Waals surface area contributed by atoms with Gasteiger partial charge < -0.3 is 35.1 Å². The minimum Gasteiger partial charge on any atom is -0.453 e. The summed E-state index contributed by atoms with van der Waals surface area (Å²) in [5.41, 5.74) is 6.03. The van der Waals surface area contributed by atoms with Gasteiger partial charge in [0.25, 0.3) is 0 Å². The first-order chi connectivity index (χ1) is 24.6. The summed E-state index contributed by atoms with van der Waals surface area (Å²) < 4.78 is 4.75. The number of hydrogen-bond acceptors (Lipinski definition) is 7. The van der Waals surface area contributed by atoms with E-state index in [2.05, 4.69) is 92.9 Å². The lowest BCUT2D eigenvalue weighted by Crippen LogP contribution is -2.51. The molecule has 2 aromatic carbocycles. The van der Waals surface area contributed by atoms with E-state index in [4.69, 9.17) is 4.74 Å². The van der Waals surface area contributed by atoms with E-state index < -0.39 is 12.1 Å². The molecule has 2 saturated heterocycles. The lowest BCUT2D eigenvalue weighted by Gasteiger charge is -2.30. The molecule has 4 aromatic rings. The Bertz CT molecular complexity index is 1800. The van der Waals surface area contributed by atoms with Crippen LogP contribution in [0.15, 0.2) is 60.9 Å². The maximum absolute atomic E-state index is 13.5. The number of imidazole rings is 2. The molecular weight excluding hydrogens is 644 g/mol. The molecule has 270 valence electrons. The van der Waals surface area contributed by atoms with Gasteiger partial charge in [-0.25, -0.2) is 14.8 Å². The second-order valence-electron chi connectivity index (χ2n) is 14.3. The summed E-state index contributed by atoms with van der Waals surface area (Å²) in [6, 6.07) is 15.8. The number of alkyl carbamates (subject to hydrolysis) is 1. The van der Waals surface area contributed by atoms with E-state index in [1.807, 2.05) is 36.0 Å². The second kappa shape index (κ2) is 15.9. The van der Waals surface area contributed by atoms with Crippen LogP contribution in [0.3, 0.4) is 0 Å². The minimum absolute atomic E-state index is 0.0250. The summed E-state index contributed by atoms with van der Waals surface area (Å²) in [4.78, 5) is 58.4. The predicted octanol–water partition coefficient (Wildman–Crippen LogP) is 6.09. The summed E-state index contributed by atoms with van der Waals surface area (Å²) in [5, 5.41) is 5.97. The van der Waals surface area contributed by atoms with Gasteiger partial charge in [-0.05, 0) is 66.3 Å². The fourth-order valence-corrected chi connectivity index (χ4v) is 7.10. The van der Waals surface area contributed by atoms with Gasteiger partial charge in [0.2, 0.25) is 11.8 Å². The number of ether oxygens (including phenoxy) is 1. The number of methoxy groups -OCH3 is 1. The molecule has 2 aliphatic rings. The van der Waals surface area contributed by atoms with Crippen LogP contribution in [0.2, 0.25) is 0 Å². The Hall–Kier alpha value is -4.97. The van der Waals surface area contributed by atoms with E-state index in [9.17, 15) is 14.4 Å². The molecule has 4 heterocycles. The molecule has 6 rings (SSSR count). The maximum Gasteiger partial charge on any atom is 0.407 e. The number of carbonyl (C=O) groups excluding carboxylic acids is 3. The molecule has 12 heteroatoms. The molecule has 0 bridgehead atoms. The van der Waals surface area contributed by atoms with Crippen molar-refractivity contribution in [3.05, 3.63) is 72.6 Å². The zero-order chi connectivity index (χ0) is 36.1. The molecule has 0 spiro atoms. The van der Waals surface area contributed by atoms with Crippen LogP contribution in [0.5, 0.6) is 0 Å². The molecule has 0 radical (unpaired) electrons. The third-order valence-corrected chi connectivity index (χ3v) is 9.88. The van der Waals surface area contributed by atoms with E-state index in [0.717, 1.165) is 84.1 Å². The summed E-state index contributed by atoms with van der Waals surface area (Å²) in [6.45, 7) is 10.6. The molecule has 0 saturated carbocycles. The van der Waals surface area contributed by atoms with Gasteiger partial charge in [0.05, 0.1) is 49.5 Å².